The third-order valence-corrected chi connectivity index (χ3v) is 4.46. The Kier molecular flexibility index (Phi) is 4.66. The number of urea groups is 1. The second-order valence-electron chi connectivity index (χ2n) is 6.28. The van der Waals surface area contributed by atoms with E-state index in [2.05, 4.69) is 10.3 Å². The van der Waals surface area contributed by atoms with E-state index in [0.29, 0.717) is 18.1 Å². The Morgan fingerprint density at radius 3 is 2.33 bits per heavy atom. The maximum absolute atomic E-state index is 13.8. The molecule has 2 amide bonds. The predicted octanol–water partition coefficient (Wildman–Crippen LogP) is 4.70. The molecule has 1 aliphatic heterocycles. The van der Waals surface area contributed by atoms with Crippen LogP contribution in [0.15, 0.2) is 89.9 Å². The van der Waals surface area contributed by atoms with Crippen LogP contribution in [0.25, 0.3) is 0 Å². The maximum Gasteiger partial charge on any atom is 0.350 e. The highest BCUT2D eigenvalue weighted by Crippen LogP contribution is 2.33. The number of nitrogens with one attached hydrogen (secondary N) is 1. The Hall–Kier alpha value is -3.47. The summed E-state index contributed by atoms with van der Waals surface area (Å²) in [7, 11) is 0. The van der Waals surface area contributed by atoms with Crippen molar-refractivity contribution in [2.24, 2.45) is 4.99 Å². The van der Waals surface area contributed by atoms with E-state index in [0.717, 1.165) is 11.1 Å². The lowest BCUT2D eigenvalue weighted by Crippen LogP contribution is -2.36. The first-order chi connectivity index (χ1) is 13.2. The van der Waals surface area contributed by atoms with E-state index in [9.17, 15) is 9.18 Å². The zero-order valence-corrected chi connectivity index (χ0v) is 14.5. The van der Waals surface area contributed by atoms with Crippen molar-refractivity contribution in [1.82, 2.24) is 5.32 Å². The van der Waals surface area contributed by atoms with Gasteiger partial charge in [-0.25, -0.2) is 9.18 Å². The molecular weight excluding hydrogens is 341 g/mol. The van der Waals surface area contributed by atoms with Crippen LogP contribution in [-0.2, 0) is 6.54 Å². The van der Waals surface area contributed by atoms with Crippen LogP contribution in [0.1, 0.15) is 17.2 Å². The van der Waals surface area contributed by atoms with Crippen LogP contribution in [-0.4, -0.2) is 11.9 Å². The molecule has 1 atom stereocenters. The molecule has 0 spiro atoms. The lowest BCUT2D eigenvalue weighted by Gasteiger charge is -2.26. The highest BCUT2D eigenvalue weighted by atomic mass is 19.1. The fourth-order valence-corrected chi connectivity index (χ4v) is 3.20. The largest absolute Gasteiger partial charge is 0.367 e. The standard InChI is InChI=1S/C22H18FN3O/c23-18-12-7-13-19(14-18)26-20(17-10-5-2-6-11-17)21(25-22(26)27)24-15-16-8-3-1-4-9-16/h1-14,20H,15H2,(H,24,25,27). The van der Waals surface area contributed by atoms with Gasteiger partial charge in [0.05, 0.1) is 0 Å². The summed E-state index contributed by atoms with van der Waals surface area (Å²) in [5.41, 5.74) is 2.48. The van der Waals surface area contributed by atoms with E-state index in [1.807, 2.05) is 60.7 Å². The van der Waals surface area contributed by atoms with Crippen LogP contribution in [0.5, 0.6) is 0 Å². The SMILES string of the molecule is O=C1N=C(NCc2ccccc2)C(c2ccccc2)N1c1cccc(F)c1. The van der Waals surface area contributed by atoms with Gasteiger partial charge in [0.1, 0.15) is 17.7 Å². The fraction of sp³-hybridized carbons (Fsp3) is 0.0909. The number of amides is 2. The smallest absolute Gasteiger partial charge is 0.350 e. The van der Waals surface area contributed by atoms with E-state index in [1.165, 1.54) is 17.0 Å². The minimum Gasteiger partial charge on any atom is -0.367 e. The normalized spacial score (nSPS) is 16.3. The van der Waals surface area contributed by atoms with Gasteiger partial charge in [0.2, 0.25) is 0 Å². The molecule has 3 aromatic rings. The molecule has 5 heteroatoms. The van der Waals surface area contributed by atoms with E-state index in [1.54, 1.807) is 12.1 Å². The lowest BCUT2D eigenvalue weighted by molar-refractivity contribution is 0.255. The summed E-state index contributed by atoms with van der Waals surface area (Å²) in [5, 5.41) is 3.28. The Balaban J connectivity index is 1.67. The molecule has 1 aliphatic rings. The quantitative estimate of drug-likeness (QED) is 0.734. The van der Waals surface area contributed by atoms with Crippen molar-refractivity contribution in [2.45, 2.75) is 12.6 Å². The van der Waals surface area contributed by atoms with E-state index < -0.39 is 17.9 Å². The van der Waals surface area contributed by atoms with Crippen LogP contribution in [0, 0.1) is 5.82 Å². The first-order valence-electron chi connectivity index (χ1n) is 8.72. The van der Waals surface area contributed by atoms with Gasteiger partial charge >= 0.3 is 6.03 Å². The van der Waals surface area contributed by atoms with Gasteiger partial charge in [0, 0.05) is 12.2 Å². The number of benzene rings is 3. The topological polar surface area (TPSA) is 44.7 Å². The average molecular weight is 359 g/mol. The zero-order valence-electron chi connectivity index (χ0n) is 14.5. The van der Waals surface area contributed by atoms with Crippen LogP contribution >= 0.6 is 0 Å². The minimum atomic E-state index is -0.427. The number of carbonyl (C=O) groups excluding carboxylic acids is 1. The zero-order chi connectivity index (χ0) is 18.6. The van der Waals surface area contributed by atoms with Crippen molar-refractivity contribution in [3.05, 3.63) is 102 Å². The second kappa shape index (κ2) is 7.41. The average Bonchev–Trinajstić information content (AvgIpc) is 3.04. The van der Waals surface area contributed by atoms with Crippen LogP contribution < -0.4 is 10.2 Å². The summed E-state index contributed by atoms with van der Waals surface area (Å²) in [4.78, 5) is 18.4. The van der Waals surface area contributed by atoms with Crippen molar-refractivity contribution in [1.29, 1.82) is 0 Å². The highest BCUT2D eigenvalue weighted by molar-refractivity contribution is 6.13. The summed E-state index contributed by atoms with van der Waals surface area (Å²) >= 11 is 0. The molecule has 0 saturated heterocycles. The molecule has 1 unspecified atom stereocenters. The lowest BCUT2D eigenvalue weighted by atomic mass is 10.0. The molecule has 1 N–H and O–H groups in total. The first kappa shape index (κ1) is 17.0. The van der Waals surface area contributed by atoms with Gasteiger partial charge in [-0.2, -0.15) is 4.99 Å². The first-order valence-corrected chi connectivity index (χ1v) is 8.72. The number of hydrogen-bond acceptors (Lipinski definition) is 2. The number of rotatable bonds is 4. The number of amidine groups is 1. The molecule has 4 nitrogen and oxygen atoms in total. The number of carbonyl (C=O) groups is 1. The molecule has 0 aromatic heterocycles. The van der Waals surface area contributed by atoms with Gasteiger partial charge in [0.25, 0.3) is 0 Å². The van der Waals surface area contributed by atoms with E-state index in [-0.39, 0.29) is 0 Å². The third-order valence-electron chi connectivity index (χ3n) is 4.46. The number of anilines is 1. The number of aliphatic imine (C=N–C) groups is 1. The number of nitrogens with zero attached hydrogens (tertiary/aromatic N) is 2. The Morgan fingerprint density at radius 1 is 0.926 bits per heavy atom. The monoisotopic (exact) mass is 359 g/mol. The second-order valence-corrected chi connectivity index (χ2v) is 6.28. The Labute approximate surface area is 157 Å². The molecule has 0 aliphatic carbocycles. The molecule has 4 rings (SSSR count). The van der Waals surface area contributed by atoms with Gasteiger partial charge in [-0.1, -0.05) is 66.7 Å². The Morgan fingerprint density at radius 2 is 1.63 bits per heavy atom. The predicted molar refractivity (Wildman–Crippen MR) is 104 cm³/mol. The molecule has 0 bridgehead atoms. The summed E-state index contributed by atoms with van der Waals surface area (Å²) in [6.07, 6.45) is 0. The van der Waals surface area contributed by atoms with E-state index >= 15 is 0 Å². The Bertz CT molecular complexity index is 973. The van der Waals surface area contributed by atoms with Crippen molar-refractivity contribution in [3.8, 4) is 0 Å². The molecule has 1 heterocycles. The molecule has 0 saturated carbocycles. The van der Waals surface area contributed by atoms with Crippen molar-refractivity contribution in [3.63, 3.8) is 0 Å². The van der Waals surface area contributed by atoms with Crippen LogP contribution in [0.3, 0.4) is 0 Å². The van der Waals surface area contributed by atoms with Crippen molar-refractivity contribution < 1.29 is 9.18 Å². The molecule has 0 fully saturated rings. The van der Waals surface area contributed by atoms with Gasteiger partial charge in [-0.3, -0.25) is 4.90 Å². The highest BCUT2D eigenvalue weighted by Gasteiger charge is 2.37. The summed E-state index contributed by atoms with van der Waals surface area (Å²) < 4.78 is 13.8. The van der Waals surface area contributed by atoms with Crippen molar-refractivity contribution in [2.75, 3.05) is 4.90 Å². The third kappa shape index (κ3) is 3.58. The summed E-state index contributed by atoms with van der Waals surface area (Å²) in [6, 6.07) is 24.7. The number of hydrogen-bond donors (Lipinski definition) is 1. The van der Waals surface area contributed by atoms with Gasteiger partial charge in [0.15, 0.2) is 0 Å². The summed E-state index contributed by atoms with van der Waals surface area (Å²) in [6.45, 7) is 0.549. The van der Waals surface area contributed by atoms with Gasteiger partial charge in [-0.15, -0.1) is 0 Å². The number of halogens is 1. The van der Waals surface area contributed by atoms with Crippen molar-refractivity contribution >= 4 is 17.6 Å². The molecule has 134 valence electrons. The molecule has 0 radical (unpaired) electrons. The molecule has 27 heavy (non-hydrogen) atoms. The fourth-order valence-electron chi connectivity index (χ4n) is 3.20. The van der Waals surface area contributed by atoms with Crippen LogP contribution in [0.2, 0.25) is 0 Å². The van der Waals surface area contributed by atoms with Crippen LogP contribution in [0.4, 0.5) is 14.9 Å². The maximum atomic E-state index is 13.8. The molecular formula is C22H18FN3O. The molecule has 3 aromatic carbocycles. The van der Waals surface area contributed by atoms with Gasteiger partial charge in [-0.05, 0) is 29.3 Å². The van der Waals surface area contributed by atoms with E-state index in [4.69, 9.17) is 0 Å². The minimum absolute atomic E-state index is 0.391. The summed E-state index contributed by atoms with van der Waals surface area (Å²) in [5.74, 6) is 0.164. The van der Waals surface area contributed by atoms with Gasteiger partial charge < -0.3 is 5.32 Å².